The molecule has 0 unspecified atom stereocenters. The van der Waals surface area contributed by atoms with E-state index in [1.807, 2.05) is 40.7 Å². The van der Waals surface area contributed by atoms with Gasteiger partial charge in [-0.2, -0.15) is 0 Å². The van der Waals surface area contributed by atoms with Crippen molar-refractivity contribution in [2.24, 2.45) is 0 Å². The molecule has 3 heterocycles. The molecule has 0 saturated heterocycles. The molecule has 1 N–H and O–H groups in total. The number of carbonyl (C=O) groups is 2. The molecule has 1 aromatic carbocycles. The molecule has 26 heavy (non-hydrogen) atoms. The summed E-state index contributed by atoms with van der Waals surface area (Å²) < 4.78 is 1.97. The van der Waals surface area contributed by atoms with Crippen molar-refractivity contribution in [3.8, 4) is 0 Å². The lowest BCUT2D eigenvalue weighted by atomic mass is 10.1. The molecular formula is C19H21N5O2. The summed E-state index contributed by atoms with van der Waals surface area (Å²) in [4.78, 5) is 36.3. The highest BCUT2D eigenvalue weighted by Crippen LogP contribution is 2.28. The Balaban J connectivity index is 1.66. The highest BCUT2D eigenvalue weighted by atomic mass is 16.2. The second kappa shape index (κ2) is 6.01. The SMILES string of the molecule is C[C@@H]1c2nc(C(=O)N(C)C)cn2CCN1C(=O)c1c[nH]c2ccccc12. The van der Waals surface area contributed by atoms with E-state index in [1.165, 1.54) is 4.90 Å². The van der Waals surface area contributed by atoms with Gasteiger partial charge in [0.15, 0.2) is 0 Å². The summed E-state index contributed by atoms with van der Waals surface area (Å²) in [6, 6.07) is 7.57. The predicted octanol–water partition coefficient (Wildman–Crippen LogP) is 2.28. The summed E-state index contributed by atoms with van der Waals surface area (Å²) in [6.45, 7) is 3.16. The zero-order valence-electron chi connectivity index (χ0n) is 15.1. The number of amides is 2. The molecule has 134 valence electrons. The Morgan fingerprint density at radius 2 is 2.00 bits per heavy atom. The lowest BCUT2D eigenvalue weighted by molar-refractivity contribution is 0.0640. The molecule has 2 amide bonds. The number of nitrogens with zero attached hydrogens (tertiary/aromatic N) is 4. The van der Waals surface area contributed by atoms with Gasteiger partial charge in [-0.15, -0.1) is 0 Å². The second-order valence-electron chi connectivity index (χ2n) is 6.80. The van der Waals surface area contributed by atoms with Crippen molar-refractivity contribution in [2.45, 2.75) is 19.5 Å². The third kappa shape index (κ3) is 2.47. The van der Waals surface area contributed by atoms with Crippen molar-refractivity contribution < 1.29 is 9.59 Å². The van der Waals surface area contributed by atoms with Gasteiger partial charge in [0, 0.05) is 50.5 Å². The Labute approximate surface area is 151 Å². The van der Waals surface area contributed by atoms with Gasteiger partial charge in [-0.3, -0.25) is 9.59 Å². The van der Waals surface area contributed by atoms with Crippen LogP contribution in [0.1, 0.15) is 39.6 Å². The van der Waals surface area contributed by atoms with Crippen LogP contribution in [-0.2, 0) is 6.54 Å². The molecule has 7 heteroatoms. The molecule has 1 aliphatic heterocycles. The minimum atomic E-state index is -0.200. The predicted molar refractivity (Wildman–Crippen MR) is 98.0 cm³/mol. The van der Waals surface area contributed by atoms with Gasteiger partial charge in [-0.1, -0.05) is 18.2 Å². The van der Waals surface area contributed by atoms with Crippen LogP contribution in [0.2, 0.25) is 0 Å². The number of hydrogen-bond donors (Lipinski definition) is 1. The number of H-pyrrole nitrogens is 1. The Bertz CT molecular complexity index is 1000. The first-order valence-electron chi connectivity index (χ1n) is 8.63. The van der Waals surface area contributed by atoms with Crippen LogP contribution in [0.25, 0.3) is 10.9 Å². The number of imidazole rings is 1. The molecule has 0 radical (unpaired) electrons. The van der Waals surface area contributed by atoms with Crippen molar-refractivity contribution in [1.29, 1.82) is 0 Å². The number of aromatic amines is 1. The van der Waals surface area contributed by atoms with E-state index in [0.717, 1.165) is 16.7 Å². The zero-order valence-corrected chi connectivity index (χ0v) is 15.1. The number of nitrogens with one attached hydrogen (secondary N) is 1. The normalized spacial score (nSPS) is 16.6. The average Bonchev–Trinajstić information content (AvgIpc) is 3.25. The topological polar surface area (TPSA) is 74.2 Å². The Morgan fingerprint density at radius 3 is 2.77 bits per heavy atom. The fourth-order valence-corrected chi connectivity index (χ4v) is 3.50. The molecular weight excluding hydrogens is 330 g/mol. The van der Waals surface area contributed by atoms with Crippen molar-refractivity contribution in [3.63, 3.8) is 0 Å². The van der Waals surface area contributed by atoms with E-state index in [-0.39, 0.29) is 17.9 Å². The molecule has 0 fully saturated rings. The third-order valence-electron chi connectivity index (χ3n) is 4.94. The van der Waals surface area contributed by atoms with Crippen molar-refractivity contribution >= 4 is 22.7 Å². The van der Waals surface area contributed by atoms with Crippen LogP contribution in [-0.4, -0.2) is 56.8 Å². The first-order valence-corrected chi connectivity index (χ1v) is 8.63. The number of para-hydroxylation sites is 1. The molecule has 1 atom stereocenters. The molecule has 2 aromatic heterocycles. The number of benzene rings is 1. The van der Waals surface area contributed by atoms with Crippen molar-refractivity contribution in [3.05, 3.63) is 53.7 Å². The van der Waals surface area contributed by atoms with E-state index in [1.54, 1.807) is 26.5 Å². The maximum Gasteiger partial charge on any atom is 0.273 e. The first-order chi connectivity index (χ1) is 12.5. The van der Waals surface area contributed by atoms with Crippen LogP contribution in [0.4, 0.5) is 0 Å². The summed E-state index contributed by atoms with van der Waals surface area (Å²) in [7, 11) is 3.41. The standard InChI is InChI=1S/C19H21N5O2/c1-12-17-21-16(19(26)22(2)3)11-23(17)8-9-24(12)18(25)14-10-20-15-7-5-4-6-13(14)15/h4-7,10-12,20H,8-9H2,1-3H3/t12-/m1/s1. The van der Waals surface area contributed by atoms with E-state index in [9.17, 15) is 9.59 Å². The summed E-state index contributed by atoms with van der Waals surface area (Å²) >= 11 is 0. The van der Waals surface area contributed by atoms with Gasteiger partial charge in [-0.05, 0) is 13.0 Å². The monoisotopic (exact) mass is 351 g/mol. The van der Waals surface area contributed by atoms with Crippen LogP contribution in [0.15, 0.2) is 36.7 Å². The molecule has 0 bridgehead atoms. The van der Waals surface area contributed by atoms with E-state index >= 15 is 0 Å². The van der Waals surface area contributed by atoms with E-state index in [4.69, 9.17) is 0 Å². The van der Waals surface area contributed by atoms with Crippen molar-refractivity contribution in [2.75, 3.05) is 20.6 Å². The van der Waals surface area contributed by atoms with Crippen LogP contribution < -0.4 is 0 Å². The molecule has 0 aliphatic carbocycles. The largest absolute Gasteiger partial charge is 0.360 e. The molecule has 1 aliphatic rings. The number of fused-ring (bicyclic) bond motifs is 2. The quantitative estimate of drug-likeness (QED) is 0.770. The minimum Gasteiger partial charge on any atom is -0.360 e. The average molecular weight is 351 g/mol. The highest BCUT2D eigenvalue weighted by molar-refractivity contribution is 6.06. The Morgan fingerprint density at radius 1 is 1.23 bits per heavy atom. The lowest BCUT2D eigenvalue weighted by Crippen LogP contribution is -2.41. The van der Waals surface area contributed by atoms with E-state index < -0.39 is 0 Å². The molecule has 7 nitrogen and oxygen atoms in total. The van der Waals surface area contributed by atoms with Crippen molar-refractivity contribution in [1.82, 2.24) is 24.3 Å². The van der Waals surface area contributed by atoms with E-state index in [2.05, 4.69) is 9.97 Å². The van der Waals surface area contributed by atoms with E-state index in [0.29, 0.717) is 24.3 Å². The summed E-state index contributed by atoms with van der Waals surface area (Å²) in [5, 5.41) is 0.919. The van der Waals surface area contributed by atoms with Gasteiger partial charge in [-0.25, -0.2) is 4.98 Å². The van der Waals surface area contributed by atoms with Gasteiger partial charge >= 0.3 is 0 Å². The molecule has 0 spiro atoms. The number of rotatable bonds is 2. The molecule has 3 aromatic rings. The Hall–Kier alpha value is -3.09. The fraction of sp³-hybridized carbons (Fsp3) is 0.316. The van der Waals surface area contributed by atoms with Crippen LogP contribution in [0.3, 0.4) is 0 Å². The number of aromatic nitrogens is 3. The zero-order chi connectivity index (χ0) is 18.4. The molecule has 4 rings (SSSR count). The smallest absolute Gasteiger partial charge is 0.273 e. The number of carbonyl (C=O) groups excluding carboxylic acids is 2. The van der Waals surface area contributed by atoms with Gasteiger partial charge in [0.25, 0.3) is 11.8 Å². The number of hydrogen-bond acceptors (Lipinski definition) is 3. The maximum absolute atomic E-state index is 13.1. The van der Waals surface area contributed by atoms with Crippen LogP contribution >= 0.6 is 0 Å². The summed E-state index contributed by atoms with van der Waals surface area (Å²) in [6.07, 6.45) is 3.55. The summed E-state index contributed by atoms with van der Waals surface area (Å²) in [5.74, 6) is 0.591. The highest BCUT2D eigenvalue weighted by Gasteiger charge is 2.32. The van der Waals surface area contributed by atoms with Gasteiger partial charge in [0.2, 0.25) is 0 Å². The van der Waals surface area contributed by atoms with Crippen LogP contribution in [0.5, 0.6) is 0 Å². The third-order valence-corrected chi connectivity index (χ3v) is 4.94. The minimum absolute atomic E-state index is 0.0234. The molecule has 0 saturated carbocycles. The van der Waals surface area contributed by atoms with Crippen LogP contribution in [0, 0.1) is 0 Å². The summed E-state index contributed by atoms with van der Waals surface area (Å²) in [5.41, 5.74) is 2.02. The van der Waals surface area contributed by atoms with Gasteiger partial charge in [0.05, 0.1) is 11.6 Å². The lowest BCUT2D eigenvalue weighted by Gasteiger charge is -2.33. The van der Waals surface area contributed by atoms with Gasteiger partial charge in [0.1, 0.15) is 11.5 Å². The second-order valence-corrected chi connectivity index (χ2v) is 6.80. The maximum atomic E-state index is 13.1. The fourth-order valence-electron chi connectivity index (χ4n) is 3.50. The Kier molecular flexibility index (Phi) is 3.79. The van der Waals surface area contributed by atoms with Gasteiger partial charge < -0.3 is 19.4 Å². The first kappa shape index (κ1) is 16.4.